The smallest absolute Gasteiger partial charge is 0.0576 e. The van der Waals surface area contributed by atoms with Gasteiger partial charge in [-0.2, -0.15) is 0 Å². The van der Waals surface area contributed by atoms with Crippen molar-refractivity contribution in [2.45, 2.75) is 109 Å². The van der Waals surface area contributed by atoms with E-state index in [1.165, 1.54) is 90.0 Å². The van der Waals surface area contributed by atoms with Crippen molar-refractivity contribution in [2.24, 2.45) is 0 Å². The first kappa shape index (κ1) is 19.0. The quantitative estimate of drug-likeness (QED) is 0.456. The van der Waals surface area contributed by atoms with Crippen molar-refractivity contribution >= 4 is 0 Å². The van der Waals surface area contributed by atoms with Crippen LogP contribution < -0.4 is 5.32 Å². The van der Waals surface area contributed by atoms with Crippen LogP contribution in [0.4, 0.5) is 0 Å². The minimum atomic E-state index is 0.550. The first-order chi connectivity index (χ1) is 10.4. The molecule has 0 atom stereocenters. The van der Waals surface area contributed by atoms with E-state index >= 15 is 0 Å². The summed E-state index contributed by atoms with van der Waals surface area (Å²) in [5.74, 6) is 0. The third-order valence-electron chi connectivity index (χ3n) is 4.71. The van der Waals surface area contributed by atoms with Crippen LogP contribution in [0.25, 0.3) is 0 Å². The van der Waals surface area contributed by atoms with Gasteiger partial charge in [-0.3, -0.25) is 0 Å². The summed E-state index contributed by atoms with van der Waals surface area (Å²) in [6, 6.07) is 0.757. The molecule has 0 unspecified atom stereocenters. The number of hydrogen-bond acceptors (Lipinski definition) is 2. The Kier molecular flexibility index (Phi) is 12.3. The van der Waals surface area contributed by atoms with Crippen molar-refractivity contribution < 1.29 is 4.74 Å². The SMILES string of the molecule is CCCCCCCCCCOC1CCC(NCCC)CC1. The highest BCUT2D eigenvalue weighted by Crippen LogP contribution is 2.21. The van der Waals surface area contributed by atoms with E-state index in [2.05, 4.69) is 19.2 Å². The maximum absolute atomic E-state index is 6.05. The number of nitrogens with one attached hydrogen (secondary N) is 1. The monoisotopic (exact) mass is 297 g/mol. The largest absolute Gasteiger partial charge is 0.378 e. The van der Waals surface area contributed by atoms with Gasteiger partial charge in [0.1, 0.15) is 0 Å². The summed E-state index contributed by atoms with van der Waals surface area (Å²) < 4.78 is 6.05. The fourth-order valence-corrected chi connectivity index (χ4v) is 3.27. The maximum atomic E-state index is 6.05. The Morgan fingerprint density at radius 3 is 2.00 bits per heavy atom. The highest BCUT2D eigenvalue weighted by molar-refractivity contribution is 4.77. The molecule has 2 heteroatoms. The van der Waals surface area contributed by atoms with Crippen molar-refractivity contribution in [1.29, 1.82) is 0 Å². The molecule has 0 aromatic carbocycles. The lowest BCUT2D eigenvalue weighted by Gasteiger charge is -2.29. The molecule has 1 fully saturated rings. The van der Waals surface area contributed by atoms with Crippen molar-refractivity contribution in [2.75, 3.05) is 13.2 Å². The molecule has 2 nitrogen and oxygen atoms in total. The Hall–Kier alpha value is -0.0800. The first-order valence-electron chi connectivity index (χ1n) is 9.71. The zero-order valence-corrected chi connectivity index (χ0v) is 14.7. The highest BCUT2D eigenvalue weighted by atomic mass is 16.5. The third-order valence-corrected chi connectivity index (χ3v) is 4.71. The van der Waals surface area contributed by atoms with E-state index in [1.54, 1.807) is 0 Å². The summed E-state index contributed by atoms with van der Waals surface area (Å²) in [5.41, 5.74) is 0. The van der Waals surface area contributed by atoms with Gasteiger partial charge in [-0.15, -0.1) is 0 Å². The number of unbranched alkanes of at least 4 members (excludes halogenated alkanes) is 7. The zero-order chi connectivity index (χ0) is 15.2. The van der Waals surface area contributed by atoms with Gasteiger partial charge in [0.05, 0.1) is 6.10 Å². The van der Waals surface area contributed by atoms with Gasteiger partial charge in [-0.1, -0.05) is 58.8 Å². The molecule has 1 aliphatic rings. The van der Waals surface area contributed by atoms with E-state index in [0.29, 0.717) is 6.10 Å². The summed E-state index contributed by atoms with van der Waals surface area (Å²) in [6.45, 7) is 6.69. The molecule has 0 saturated heterocycles. The normalized spacial score (nSPS) is 22.6. The van der Waals surface area contributed by atoms with Crippen LogP contribution in [0.5, 0.6) is 0 Å². The molecule has 0 aliphatic heterocycles. The molecule has 1 N–H and O–H groups in total. The van der Waals surface area contributed by atoms with E-state index in [-0.39, 0.29) is 0 Å². The molecule has 0 bridgehead atoms. The summed E-state index contributed by atoms with van der Waals surface area (Å²) >= 11 is 0. The number of rotatable bonds is 13. The fourth-order valence-electron chi connectivity index (χ4n) is 3.27. The van der Waals surface area contributed by atoms with Gasteiger partial charge in [0.2, 0.25) is 0 Å². The second-order valence-corrected chi connectivity index (χ2v) is 6.77. The Bertz CT molecular complexity index is 212. The van der Waals surface area contributed by atoms with Crippen LogP contribution in [0.2, 0.25) is 0 Å². The summed E-state index contributed by atoms with van der Waals surface area (Å²) in [4.78, 5) is 0. The molecule has 0 aromatic heterocycles. The first-order valence-corrected chi connectivity index (χ1v) is 9.71. The second-order valence-electron chi connectivity index (χ2n) is 6.77. The highest BCUT2D eigenvalue weighted by Gasteiger charge is 2.20. The van der Waals surface area contributed by atoms with Crippen LogP contribution in [-0.4, -0.2) is 25.3 Å². The molecule has 0 spiro atoms. The Morgan fingerprint density at radius 2 is 1.38 bits per heavy atom. The van der Waals surface area contributed by atoms with E-state index < -0.39 is 0 Å². The van der Waals surface area contributed by atoms with Crippen LogP contribution in [0.15, 0.2) is 0 Å². The topological polar surface area (TPSA) is 21.3 Å². The predicted octanol–water partition coefficient (Wildman–Crippen LogP) is 5.45. The van der Waals surface area contributed by atoms with Gasteiger partial charge < -0.3 is 10.1 Å². The number of ether oxygens (including phenoxy) is 1. The van der Waals surface area contributed by atoms with E-state index in [9.17, 15) is 0 Å². The molecular weight excluding hydrogens is 258 g/mol. The van der Waals surface area contributed by atoms with Gasteiger partial charge >= 0.3 is 0 Å². The average Bonchev–Trinajstić information content (AvgIpc) is 2.52. The van der Waals surface area contributed by atoms with E-state index in [0.717, 1.165) is 12.6 Å². The summed E-state index contributed by atoms with van der Waals surface area (Å²) in [7, 11) is 0. The Balaban J connectivity index is 1.84. The molecule has 0 aromatic rings. The Labute approximate surface area is 133 Å². The lowest BCUT2D eigenvalue weighted by atomic mass is 9.93. The van der Waals surface area contributed by atoms with Crippen LogP contribution >= 0.6 is 0 Å². The molecule has 1 saturated carbocycles. The lowest BCUT2D eigenvalue weighted by molar-refractivity contribution is 0.0205. The average molecular weight is 298 g/mol. The standard InChI is InChI=1S/C19H39NO/c1-3-5-6-7-8-9-10-11-17-21-19-14-12-18(13-15-19)20-16-4-2/h18-20H,3-17H2,1-2H3. The molecule has 0 radical (unpaired) electrons. The molecule has 21 heavy (non-hydrogen) atoms. The lowest BCUT2D eigenvalue weighted by Crippen LogP contribution is -2.35. The van der Waals surface area contributed by atoms with E-state index in [1.807, 2.05) is 0 Å². The fraction of sp³-hybridized carbons (Fsp3) is 1.00. The van der Waals surface area contributed by atoms with Gasteiger partial charge in [0, 0.05) is 12.6 Å². The van der Waals surface area contributed by atoms with Crippen molar-refractivity contribution in [1.82, 2.24) is 5.32 Å². The van der Waals surface area contributed by atoms with Crippen molar-refractivity contribution in [3.63, 3.8) is 0 Å². The zero-order valence-electron chi connectivity index (χ0n) is 14.7. The second kappa shape index (κ2) is 13.6. The van der Waals surface area contributed by atoms with Crippen molar-refractivity contribution in [3.8, 4) is 0 Å². The van der Waals surface area contributed by atoms with Gasteiger partial charge in [-0.25, -0.2) is 0 Å². The molecule has 1 aliphatic carbocycles. The summed E-state index contributed by atoms with van der Waals surface area (Å²) in [5, 5.41) is 3.64. The Morgan fingerprint density at radius 1 is 0.762 bits per heavy atom. The van der Waals surface area contributed by atoms with Crippen LogP contribution in [0, 0.1) is 0 Å². The van der Waals surface area contributed by atoms with E-state index in [4.69, 9.17) is 4.74 Å². The minimum absolute atomic E-state index is 0.550. The molecule has 1 rings (SSSR count). The minimum Gasteiger partial charge on any atom is -0.378 e. The molecule has 126 valence electrons. The van der Waals surface area contributed by atoms with Crippen LogP contribution in [0.3, 0.4) is 0 Å². The number of hydrogen-bond donors (Lipinski definition) is 1. The molecular formula is C19H39NO. The molecule has 0 amide bonds. The maximum Gasteiger partial charge on any atom is 0.0576 e. The van der Waals surface area contributed by atoms with Gasteiger partial charge in [0.15, 0.2) is 0 Å². The van der Waals surface area contributed by atoms with Crippen molar-refractivity contribution in [3.05, 3.63) is 0 Å². The molecule has 0 heterocycles. The predicted molar refractivity (Wildman–Crippen MR) is 92.9 cm³/mol. The third kappa shape index (κ3) is 10.3. The van der Waals surface area contributed by atoms with Gasteiger partial charge in [0.25, 0.3) is 0 Å². The summed E-state index contributed by atoms with van der Waals surface area (Å²) in [6.07, 6.45) is 18.0. The van der Waals surface area contributed by atoms with Crippen LogP contribution in [-0.2, 0) is 4.74 Å². The van der Waals surface area contributed by atoms with Gasteiger partial charge in [-0.05, 0) is 45.1 Å². The van der Waals surface area contributed by atoms with Crippen LogP contribution in [0.1, 0.15) is 97.3 Å².